The van der Waals surface area contributed by atoms with Crippen molar-refractivity contribution in [1.82, 2.24) is 29.5 Å². The highest BCUT2D eigenvalue weighted by molar-refractivity contribution is 5.83. The van der Waals surface area contributed by atoms with Gasteiger partial charge in [-0.25, -0.2) is 28.1 Å². The smallest absolute Gasteiger partial charge is 0.284 e. The van der Waals surface area contributed by atoms with Crippen LogP contribution in [-0.2, 0) is 6.54 Å². The number of imidazole rings is 1. The quantitative estimate of drug-likeness (QED) is 0.495. The van der Waals surface area contributed by atoms with Gasteiger partial charge in [0.2, 0.25) is 0 Å². The van der Waals surface area contributed by atoms with Crippen molar-refractivity contribution in [3.05, 3.63) is 82.4 Å². The minimum absolute atomic E-state index is 0.0393. The van der Waals surface area contributed by atoms with Gasteiger partial charge in [0.1, 0.15) is 5.82 Å². The SMILES string of the molecule is O=c1[nH]c2c(F)c(F)ccc2c(Cn2c(-c3ccncc3)nc3nccnc32)c1F. The fraction of sp³-hybridized carbons (Fsp3) is 0.0500. The number of pyridine rings is 2. The zero-order valence-corrected chi connectivity index (χ0v) is 15.1. The molecule has 0 saturated carbocycles. The van der Waals surface area contributed by atoms with Gasteiger partial charge in [-0.2, -0.15) is 0 Å². The first-order valence-electron chi connectivity index (χ1n) is 8.80. The summed E-state index contributed by atoms with van der Waals surface area (Å²) in [7, 11) is 0. The molecule has 4 aromatic heterocycles. The number of rotatable bonds is 3. The topological polar surface area (TPSA) is 89.4 Å². The first-order chi connectivity index (χ1) is 14.5. The van der Waals surface area contributed by atoms with E-state index in [0.717, 1.165) is 6.07 Å². The number of nitrogens with zero attached hydrogens (tertiary/aromatic N) is 5. The van der Waals surface area contributed by atoms with Gasteiger partial charge in [-0.15, -0.1) is 0 Å². The molecule has 0 aliphatic rings. The normalized spacial score (nSPS) is 11.4. The fourth-order valence-electron chi connectivity index (χ4n) is 3.39. The molecular formula is C20H11F3N6O. The molecule has 0 fully saturated rings. The molecule has 1 N–H and O–H groups in total. The molecule has 0 spiro atoms. The number of fused-ring (bicyclic) bond motifs is 2. The van der Waals surface area contributed by atoms with Crippen LogP contribution >= 0.6 is 0 Å². The Morgan fingerprint density at radius 1 is 0.933 bits per heavy atom. The van der Waals surface area contributed by atoms with Crippen molar-refractivity contribution in [1.29, 1.82) is 0 Å². The van der Waals surface area contributed by atoms with Gasteiger partial charge in [-0.05, 0) is 24.3 Å². The van der Waals surface area contributed by atoms with Crippen LogP contribution in [0.25, 0.3) is 33.6 Å². The Morgan fingerprint density at radius 3 is 2.50 bits per heavy atom. The van der Waals surface area contributed by atoms with E-state index < -0.39 is 28.5 Å². The van der Waals surface area contributed by atoms with Gasteiger partial charge in [0.25, 0.3) is 5.56 Å². The van der Waals surface area contributed by atoms with Gasteiger partial charge in [-0.3, -0.25) is 9.78 Å². The summed E-state index contributed by atoms with van der Waals surface area (Å²) in [5, 5.41) is 0.0393. The van der Waals surface area contributed by atoms with Crippen LogP contribution in [0.5, 0.6) is 0 Å². The van der Waals surface area contributed by atoms with Crippen LogP contribution in [0, 0.1) is 17.5 Å². The molecule has 4 heterocycles. The van der Waals surface area contributed by atoms with Crippen LogP contribution in [0.1, 0.15) is 5.56 Å². The Morgan fingerprint density at radius 2 is 1.70 bits per heavy atom. The molecule has 0 amide bonds. The van der Waals surface area contributed by atoms with Gasteiger partial charge in [-0.1, -0.05) is 0 Å². The maximum Gasteiger partial charge on any atom is 0.284 e. The van der Waals surface area contributed by atoms with Crippen LogP contribution in [-0.4, -0.2) is 29.5 Å². The number of halogens is 3. The molecule has 0 bridgehead atoms. The number of hydrogen-bond acceptors (Lipinski definition) is 5. The van der Waals surface area contributed by atoms with Crippen molar-refractivity contribution in [3.8, 4) is 11.4 Å². The monoisotopic (exact) mass is 408 g/mol. The average molecular weight is 408 g/mol. The maximum absolute atomic E-state index is 14.9. The number of aromatic amines is 1. The van der Waals surface area contributed by atoms with E-state index in [9.17, 15) is 18.0 Å². The third-order valence-corrected chi connectivity index (χ3v) is 4.76. The average Bonchev–Trinajstić information content (AvgIpc) is 3.13. The molecule has 10 heteroatoms. The Kier molecular flexibility index (Phi) is 4.05. The van der Waals surface area contributed by atoms with E-state index in [-0.39, 0.29) is 17.5 Å². The van der Waals surface area contributed by atoms with Gasteiger partial charge in [0.05, 0.1) is 12.1 Å². The second kappa shape index (κ2) is 6.76. The Balaban J connectivity index is 1.80. The first kappa shape index (κ1) is 18.0. The molecule has 5 aromatic rings. The predicted molar refractivity (Wildman–Crippen MR) is 102 cm³/mol. The number of benzene rings is 1. The summed E-state index contributed by atoms with van der Waals surface area (Å²) in [5.41, 5.74) is -0.347. The molecule has 0 aliphatic heterocycles. The fourth-order valence-corrected chi connectivity index (χ4v) is 3.39. The standard InChI is InChI=1S/C20H11F3N6O/c21-13-2-1-11-12(14(22)20(30)27-16(11)15(13)23)9-29-18(10-3-5-24-6-4-10)28-17-19(29)26-8-7-25-17/h1-8H,9H2,(H,27,30). The van der Waals surface area contributed by atoms with Crippen molar-refractivity contribution < 1.29 is 13.2 Å². The molecule has 0 unspecified atom stereocenters. The zero-order chi connectivity index (χ0) is 20.8. The Hall–Kier alpha value is -4.08. The molecule has 148 valence electrons. The summed E-state index contributed by atoms with van der Waals surface area (Å²) in [6, 6.07) is 5.52. The lowest BCUT2D eigenvalue weighted by molar-refractivity contribution is 0.514. The van der Waals surface area contributed by atoms with E-state index in [1.165, 1.54) is 18.5 Å². The second-order valence-electron chi connectivity index (χ2n) is 6.49. The van der Waals surface area contributed by atoms with Crippen LogP contribution in [0.4, 0.5) is 13.2 Å². The van der Waals surface area contributed by atoms with Crippen molar-refractivity contribution in [3.63, 3.8) is 0 Å². The minimum atomic E-state index is -1.25. The number of H-pyrrole nitrogens is 1. The molecule has 0 aliphatic carbocycles. The van der Waals surface area contributed by atoms with E-state index >= 15 is 0 Å². The van der Waals surface area contributed by atoms with Crippen molar-refractivity contribution in [2.24, 2.45) is 0 Å². The molecule has 0 saturated heterocycles. The first-order valence-corrected chi connectivity index (χ1v) is 8.80. The van der Waals surface area contributed by atoms with Gasteiger partial charge in [0, 0.05) is 41.3 Å². The Labute approximate surface area is 165 Å². The van der Waals surface area contributed by atoms with E-state index in [4.69, 9.17) is 0 Å². The summed E-state index contributed by atoms with van der Waals surface area (Å²) in [5.74, 6) is -3.09. The lowest BCUT2D eigenvalue weighted by Crippen LogP contribution is -2.17. The van der Waals surface area contributed by atoms with Crippen LogP contribution in [0.2, 0.25) is 0 Å². The van der Waals surface area contributed by atoms with E-state index in [2.05, 4.69) is 24.9 Å². The Bertz CT molecular complexity index is 1480. The molecule has 5 rings (SSSR count). The third-order valence-electron chi connectivity index (χ3n) is 4.76. The maximum atomic E-state index is 14.9. The van der Waals surface area contributed by atoms with Crippen molar-refractivity contribution in [2.45, 2.75) is 6.54 Å². The largest absolute Gasteiger partial charge is 0.317 e. The summed E-state index contributed by atoms with van der Waals surface area (Å²) >= 11 is 0. The number of hydrogen-bond donors (Lipinski definition) is 1. The number of nitrogens with one attached hydrogen (secondary N) is 1. The molecule has 30 heavy (non-hydrogen) atoms. The van der Waals surface area contributed by atoms with Crippen LogP contribution in [0.15, 0.2) is 53.8 Å². The minimum Gasteiger partial charge on any atom is -0.317 e. The molecule has 0 atom stereocenters. The summed E-state index contributed by atoms with van der Waals surface area (Å²) in [6.45, 7) is -0.204. The van der Waals surface area contributed by atoms with Gasteiger partial charge < -0.3 is 9.55 Å². The highest BCUT2D eigenvalue weighted by Gasteiger charge is 2.21. The molecule has 1 aromatic carbocycles. The van der Waals surface area contributed by atoms with Crippen LogP contribution < -0.4 is 5.56 Å². The van der Waals surface area contributed by atoms with Crippen LogP contribution in [0.3, 0.4) is 0 Å². The predicted octanol–water partition coefficient (Wildman–Crippen LogP) is 3.20. The van der Waals surface area contributed by atoms with E-state index in [0.29, 0.717) is 22.7 Å². The van der Waals surface area contributed by atoms with E-state index in [1.54, 1.807) is 29.1 Å². The van der Waals surface area contributed by atoms with Crippen molar-refractivity contribution in [2.75, 3.05) is 0 Å². The summed E-state index contributed by atoms with van der Waals surface area (Å²) in [6.07, 6.45) is 6.07. The lowest BCUT2D eigenvalue weighted by Gasteiger charge is -2.12. The van der Waals surface area contributed by atoms with E-state index in [1.807, 2.05) is 0 Å². The molecule has 0 radical (unpaired) electrons. The zero-order valence-electron chi connectivity index (χ0n) is 15.1. The molecular weight excluding hydrogens is 397 g/mol. The highest BCUT2D eigenvalue weighted by atomic mass is 19.2. The second-order valence-corrected chi connectivity index (χ2v) is 6.49. The van der Waals surface area contributed by atoms with Gasteiger partial charge in [0.15, 0.2) is 28.7 Å². The number of aromatic nitrogens is 6. The lowest BCUT2D eigenvalue weighted by atomic mass is 10.1. The van der Waals surface area contributed by atoms with Crippen molar-refractivity contribution >= 4 is 22.2 Å². The summed E-state index contributed by atoms with van der Waals surface area (Å²) < 4.78 is 44.3. The third kappa shape index (κ3) is 2.72. The van der Waals surface area contributed by atoms with Gasteiger partial charge >= 0.3 is 0 Å². The molecule has 7 nitrogen and oxygen atoms in total. The summed E-state index contributed by atoms with van der Waals surface area (Å²) in [4.78, 5) is 31.0. The highest BCUT2D eigenvalue weighted by Crippen LogP contribution is 2.27.